The lowest BCUT2D eigenvalue weighted by Crippen LogP contribution is -2.59. The quantitative estimate of drug-likeness (QED) is 0.432. The number of hydrogen-bond donors (Lipinski definition) is 2. The van der Waals surface area contributed by atoms with Crippen molar-refractivity contribution in [2.24, 2.45) is 5.73 Å². The highest BCUT2D eigenvalue weighted by molar-refractivity contribution is 5.99. The van der Waals surface area contributed by atoms with Gasteiger partial charge < -0.3 is 25.8 Å². The van der Waals surface area contributed by atoms with E-state index in [2.05, 4.69) is 16.3 Å². The highest BCUT2D eigenvalue weighted by Gasteiger charge is 2.35. The first-order valence-electron chi connectivity index (χ1n) is 14.8. The van der Waals surface area contributed by atoms with Crippen molar-refractivity contribution < 1.29 is 14.0 Å². The fraction of sp³-hybridized carbons (Fsp3) is 0.382. The SMILES string of the molecule is Cc1ccc(N2CCN(C(=O)c3c(C)cc(C)c(NC4CCN(c5ccc(F)cc5C#N)CC4)c3C)CC2C(N)=O)cc1. The number of nitrogens with two attached hydrogens (primary N) is 1. The maximum Gasteiger partial charge on any atom is 0.254 e. The van der Waals surface area contributed by atoms with Crippen LogP contribution in [0.5, 0.6) is 0 Å². The first kappa shape index (κ1) is 29.9. The van der Waals surface area contributed by atoms with E-state index in [4.69, 9.17) is 5.73 Å². The number of piperidine rings is 1. The number of piperazine rings is 1. The Morgan fingerprint density at radius 3 is 2.30 bits per heavy atom. The molecule has 5 rings (SSSR count). The van der Waals surface area contributed by atoms with Crippen LogP contribution < -0.4 is 20.9 Å². The molecule has 0 saturated carbocycles. The summed E-state index contributed by atoms with van der Waals surface area (Å²) in [5, 5.41) is 13.2. The summed E-state index contributed by atoms with van der Waals surface area (Å²) in [7, 11) is 0. The van der Waals surface area contributed by atoms with Gasteiger partial charge in [0, 0.05) is 49.2 Å². The van der Waals surface area contributed by atoms with Crippen LogP contribution in [0.4, 0.5) is 21.5 Å². The molecule has 3 aromatic rings. The Morgan fingerprint density at radius 1 is 0.953 bits per heavy atom. The third-order valence-electron chi connectivity index (χ3n) is 8.81. The number of carbonyl (C=O) groups excluding carboxylic acids is 2. The number of nitriles is 1. The number of hydrogen-bond acceptors (Lipinski definition) is 6. The van der Waals surface area contributed by atoms with E-state index in [9.17, 15) is 19.2 Å². The lowest BCUT2D eigenvalue weighted by atomic mass is 9.94. The van der Waals surface area contributed by atoms with Crippen LogP contribution in [0.15, 0.2) is 48.5 Å². The van der Waals surface area contributed by atoms with Gasteiger partial charge in [0.15, 0.2) is 0 Å². The smallest absolute Gasteiger partial charge is 0.254 e. The third-order valence-corrected chi connectivity index (χ3v) is 8.81. The van der Waals surface area contributed by atoms with Gasteiger partial charge in [-0.05, 0) is 87.6 Å². The van der Waals surface area contributed by atoms with Crippen molar-refractivity contribution in [2.45, 2.75) is 52.6 Å². The summed E-state index contributed by atoms with van der Waals surface area (Å²) >= 11 is 0. The summed E-state index contributed by atoms with van der Waals surface area (Å²) in [4.78, 5) is 32.4. The molecule has 0 radical (unpaired) electrons. The van der Waals surface area contributed by atoms with Gasteiger partial charge in [-0.25, -0.2) is 4.39 Å². The number of nitrogens with one attached hydrogen (secondary N) is 1. The molecule has 0 aliphatic carbocycles. The van der Waals surface area contributed by atoms with E-state index in [-0.39, 0.29) is 18.5 Å². The Hall–Kier alpha value is -4.58. The molecule has 0 spiro atoms. The second kappa shape index (κ2) is 12.3. The molecular formula is C34H39FN6O2. The minimum Gasteiger partial charge on any atom is -0.382 e. The number of benzene rings is 3. The minimum atomic E-state index is -0.614. The average molecular weight is 583 g/mol. The molecule has 224 valence electrons. The van der Waals surface area contributed by atoms with Crippen molar-refractivity contribution in [1.82, 2.24) is 4.90 Å². The van der Waals surface area contributed by atoms with Gasteiger partial charge in [-0.2, -0.15) is 5.26 Å². The summed E-state index contributed by atoms with van der Waals surface area (Å²) in [5.41, 5.74) is 13.5. The van der Waals surface area contributed by atoms with Crippen molar-refractivity contribution in [3.05, 3.63) is 87.7 Å². The van der Waals surface area contributed by atoms with E-state index < -0.39 is 17.8 Å². The van der Waals surface area contributed by atoms with Crippen LogP contribution in [0.25, 0.3) is 0 Å². The van der Waals surface area contributed by atoms with Gasteiger partial charge in [0.2, 0.25) is 5.91 Å². The van der Waals surface area contributed by atoms with Crippen LogP contribution in [-0.2, 0) is 4.79 Å². The summed E-state index contributed by atoms with van der Waals surface area (Å²) in [5.74, 6) is -0.958. The van der Waals surface area contributed by atoms with E-state index in [0.717, 1.165) is 65.2 Å². The topological polar surface area (TPSA) is 106 Å². The number of halogens is 1. The molecule has 9 heteroatoms. The second-order valence-electron chi connectivity index (χ2n) is 11.8. The molecule has 43 heavy (non-hydrogen) atoms. The van der Waals surface area contributed by atoms with Crippen molar-refractivity contribution in [3.8, 4) is 6.07 Å². The van der Waals surface area contributed by atoms with Crippen molar-refractivity contribution >= 4 is 28.9 Å². The van der Waals surface area contributed by atoms with Gasteiger partial charge >= 0.3 is 0 Å². The van der Waals surface area contributed by atoms with E-state index >= 15 is 0 Å². The Balaban J connectivity index is 1.31. The number of anilines is 3. The Kier molecular flexibility index (Phi) is 8.58. The number of rotatable bonds is 6. The molecule has 2 heterocycles. The molecule has 8 nitrogen and oxygen atoms in total. The van der Waals surface area contributed by atoms with Crippen molar-refractivity contribution in [3.63, 3.8) is 0 Å². The molecule has 2 fully saturated rings. The summed E-state index contributed by atoms with van der Waals surface area (Å²) in [6.07, 6.45) is 1.67. The highest BCUT2D eigenvalue weighted by Crippen LogP contribution is 2.32. The fourth-order valence-corrected chi connectivity index (χ4v) is 6.49. The summed E-state index contributed by atoms with van der Waals surface area (Å²) in [6, 6.07) is 16.1. The Labute approximate surface area is 252 Å². The zero-order valence-electron chi connectivity index (χ0n) is 25.3. The van der Waals surface area contributed by atoms with Crippen LogP contribution in [0.3, 0.4) is 0 Å². The predicted molar refractivity (Wildman–Crippen MR) is 168 cm³/mol. The first-order chi connectivity index (χ1) is 20.6. The van der Waals surface area contributed by atoms with Crippen LogP contribution in [0.2, 0.25) is 0 Å². The average Bonchev–Trinajstić information content (AvgIpc) is 2.99. The molecule has 3 N–H and O–H groups in total. The van der Waals surface area contributed by atoms with Crippen LogP contribution in [0, 0.1) is 44.8 Å². The van der Waals surface area contributed by atoms with Crippen LogP contribution in [0.1, 0.15) is 51.0 Å². The van der Waals surface area contributed by atoms with Crippen LogP contribution >= 0.6 is 0 Å². The predicted octanol–water partition coefficient (Wildman–Crippen LogP) is 4.83. The first-order valence-corrected chi connectivity index (χ1v) is 14.8. The number of aryl methyl sites for hydroxylation is 3. The zero-order valence-corrected chi connectivity index (χ0v) is 25.3. The van der Waals surface area contributed by atoms with Crippen LogP contribution in [-0.4, -0.2) is 61.5 Å². The number of nitrogens with zero attached hydrogens (tertiary/aromatic N) is 4. The van der Waals surface area contributed by atoms with E-state index in [0.29, 0.717) is 24.2 Å². The van der Waals surface area contributed by atoms with Crippen molar-refractivity contribution in [1.29, 1.82) is 5.26 Å². The van der Waals surface area contributed by atoms with Gasteiger partial charge in [-0.3, -0.25) is 9.59 Å². The highest BCUT2D eigenvalue weighted by atomic mass is 19.1. The van der Waals surface area contributed by atoms with Gasteiger partial charge in [-0.1, -0.05) is 23.8 Å². The van der Waals surface area contributed by atoms with Crippen molar-refractivity contribution in [2.75, 3.05) is 47.8 Å². The number of amides is 2. The second-order valence-corrected chi connectivity index (χ2v) is 11.8. The Bertz CT molecular complexity index is 1570. The van der Waals surface area contributed by atoms with Gasteiger partial charge in [0.25, 0.3) is 5.91 Å². The summed E-state index contributed by atoms with van der Waals surface area (Å²) in [6.45, 7) is 10.7. The molecule has 2 aliphatic heterocycles. The fourth-order valence-electron chi connectivity index (χ4n) is 6.49. The number of primary amides is 1. The van der Waals surface area contributed by atoms with E-state index in [1.165, 1.54) is 12.1 Å². The molecule has 2 saturated heterocycles. The van der Waals surface area contributed by atoms with E-state index in [1.54, 1.807) is 11.0 Å². The molecule has 2 aliphatic rings. The monoisotopic (exact) mass is 582 g/mol. The lowest BCUT2D eigenvalue weighted by Gasteiger charge is -2.41. The Morgan fingerprint density at radius 2 is 1.65 bits per heavy atom. The van der Waals surface area contributed by atoms with E-state index in [1.807, 2.05) is 62.9 Å². The largest absolute Gasteiger partial charge is 0.382 e. The maximum atomic E-state index is 14.0. The molecule has 0 aromatic heterocycles. The summed E-state index contributed by atoms with van der Waals surface area (Å²) < 4.78 is 13.6. The molecule has 0 bridgehead atoms. The third kappa shape index (κ3) is 6.14. The maximum absolute atomic E-state index is 14.0. The molecular weight excluding hydrogens is 543 g/mol. The zero-order chi connectivity index (χ0) is 30.8. The standard InChI is InChI=1S/C34H39FN6O2/c1-21-5-8-28(9-6-21)41-16-15-40(20-30(41)33(37)42)34(43)31-22(2)17-23(3)32(24(31)4)38-27-11-13-39(14-12-27)29-10-7-26(35)18-25(29)19-36/h5-10,17-18,27,30,38H,11-16,20H2,1-4H3,(H2,37,42). The normalized spacial score (nSPS) is 17.5. The van der Waals surface area contributed by atoms with Gasteiger partial charge in [0.05, 0.1) is 17.8 Å². The minimum absolute atomic E-state index is 0.0944. The molecule has 1 unspecified atom stereocenters. The number of carbonyl (C=O) groups is 2. The lowest BCUT2D eigenvalue weighted by molar-refractivity contribution is -0.119. The molecule has 1 atom stereocenters. The van der Waals surface area contributed by atoms with Gasteiger partial charge in [0.1, 0.15) is 17.9 Å². The van der Waals surface area contributed by atoms with Gasteiger partial charge in [-0.15, -0.1) is 0 Å². The molecule has 3 aromatic carbocycles. The molecule has 2 amide bonds.